The third-order valence-corrected chi connectivity index (χ3v) is 4.55. The zero-order valence-corrected chi connectivity index (χ0v) is 14.1. The lowest BCUT2D eigenvalue weighted by Gasteiger charge is -2.06. The highest BCUT2D eigenvalue weighted by atomic mass is 32.1. The second kappa shape index (κ2) is 6.37. The zero-order chi connectivity index (χ0) is 17.2. The van der Waals surface area contributed by atoms with E-state index in [-0.39, 0.29) is 5.91 Å². The van der Waals surface area contributed by atoms with Crippen LogP contribution in [0.3, 0.4) is 0 Å². The van der Waals surface area contributed by atoms with Crippen LogP contribution in [0.1, 0.15) is 15.4 Å². The summed E-state index contributed by atoms with van der Waals surface area (Å²) in [6.45, 7) is 1.96. The van der Waals surface area contributed by atoms with E-state index in [0.29, 0.717) is 11.4 Å². The first-order valence-corrected chi connectivity index (χ1v) is 8.42. The highest BCUT2D eigenvalue weighted by Crippen LogP contribution is 2.26. The van der Waals surface area contributed by atoms with Gasteiger partial charge < -0.3 is 5.32 Å². The van der Waals surface area contributed by atoms with Gasteiger partial charge in [-0.15, -0.1) is 11.3 Å². The van der Waals surface area contributed by atoms with E-state index in [4.69, 9.17) is 0 Å². The molecule has 4 heterocycles. The molecule has 0 fully saturated rings. The average Bonchev–Trinajstić information content (AvgIpc) is 3.08. The molecule has 0 bridgehead atoms. The van der Waals surface area contributed by atoms with Gasteiger partial charge >= 0.3 is 0 Å². The van der Waals surface area contributed by atoms with Crippen LogP contribution in [0.4, 0.5) is 5.82 Å². The Bertz CT molecular complexity index is 1060. The van der Waals surface area contributed by atoms with Gasteiger partial charge in [0, 0.05) is 36.2 Å². The molecule has 0 atom stereocenters. The maximum absolute atomic E-state index is 12.2. The minimum absolute atomic E-state index is 0.255. The van der Waals surface area contributed by atoms with Crippen LogP contribution in [0.5, 0.6) is 0 Å². The molecule has 4 aromatic rings. The molecule has 6 nitrogen and oxygen atoms in total. The van der Waals surface area contributed by atoms with Crippen molar-refractivity contribution in [1.29, 1.82) is 0 Å². The molecule has 0 aliphatic carbocycles. The van der Waals surface area contributed by atoms with Crippen molar-refractivity contribution in [2.75, 3.05) is 5.32 Å². The highest BCUT2D eigenvalue weighted by Gasteiger charge is 2.09. The van der Waals surface area contributed by atoms with Gasteiger partial charge in [-0.3, -0.25) is 9.78 Å². The lowest BCUT2D eigenvalue weighted by Crippen LogP contribution is -2.13. The second-order valence-corrected chi connectivity index (χ2v) is 6.63. The molecule has 4 rings (SSSR count). The van der Waals surface area contributed by atoms with Crippen molar-refractivity contribution in [3.63, 3.8) is 0 Å². The fraction of sp³-hybridized carbons (Fsp3) is 0.0556. The summed E-state index contributed by atoms with van der Waals surface area (Å²) in [4.78, 5) is 30.4. The summed E-state index contributed by atoms with van der Waals surface area (Å²) in [5.41, 5.74) is 2.10. The minimum atomic E-state index is -0.255. The maximum Gasteiger partial charge on any atom is 0.258 e. The van der Waals surface area contributed by atoms with E-state index in [0.717, 1.165) is 26.5 Å². The van der Waals surface area contributed by atoms with Crippen molar-refractivity contribution in [1.82, 2.24) is 19.9 Å². The Balaban J connectivity index is 1.66. The summed E-state index contributed by atoms with van der Waals surface area (Å²) < 4.78 is 0. The maximum atomic E-state index is 12.2. The predicted molar refractivity (Wildman–Crippen MR) is 97.6 cm³/mol. The standard InChI is InChI=1S/C18H13N5OS/c1-11-20-10-16(25-11)14-5-4-12-9-21-17(7-15(12)22-14)23-18(24)13-3-2-6-19-8-13/h2-10H,1H3,(H,21,23,24). The van der Waals surface area contributed by atoms with E-state index in [2.05, 4.69) is 25.3 Å². The molecule has 0 spiro atoms. The van der Waals surface area contributed by atoms with Crippen LogP contribution >= 0.6 is 11.3 Å². The third kappa shape index (κ3) is 3.22. The summed E-state index contributed by atoms with van der Waals surface area (Å²) in [5.74, 6) is 0.195. The molecule has 0 saturated carbocycles. The number of aryl methyl sites for hydroxylation is 1. The summed E-state index contributed by atoms with van der Waals surface area (Å²) in [6, 6.07) is 9.10. The zero-order valence-electron chi connectivity index (χ0n) is 13.3. The van der Waals surface area contributed by atoms with E-state index in [1.54, 1.807) is 41.9 Å². The lowest BCUT2D eigenvalue weighted by molar-refractivity contribution is 0.102. The summed E-state index contributed by atoms with van der Waals surface area (Å²) >= 11 is 1.60. The Morgan fingerprint density at radius 1 is 1.12 bits per heavy atom. The van der Waals surface area contributed by atoms with Gasteiger partial charge in [0.25, 0.3) is 5.91 Å². The van der Waals surface area contributed by atoms with Crippen molar-refractivity contribution < 1.29 is 4.79 Å². The molecule has 0 saturated heterocycles. The largest absolute Gasteiger partial charge is 0.306 e. The number of amides is 1. The van der Waals surface area contributed by atoms with Crippen LogP contribution in [0, 0.1) is 6.92 Å². The van der Waals surface area contributed by atoms with Crippen LogP contribution in [0.15, 0.2) is 55.1 Å². The number of nitrogens with one attached hydrogen (secondary N) is 1. The van der Waals surface area contributed by atoms with Gasteiger partial charge in [0.2, 0.25) is 0 Å². The Kier molecular flexibility index (Phi) is 3.91. The van der Waals surface area contributed by atoms with Gasteiger partial charge in [0.05, 0.1) is 26.7 Å². The van der Waals surface area contributed by atoms with E-state index in [9.17, 15) is 4.79 Å². The smallest absolute Gasteiger partial charge is 0.258 e. The highest BCUT2D eigenvalue weighted by molar-refractivity contribution is 7.15. The van der Waals surface area contributed by atoms with Crippen LogP contribution in [0.25, 0.3) is 21.5 Å². The van der Waals surface area contributed by atoms with Gasteiger partial charge in [0.15, 0.2) is 0 Å². The molecular weight excluding hydrogens is 334 g/mol. The van der Waals surface area contributed by atoms with Gasteiger partial charge in [-0.2, -0.15) is 0 Å². The van der Waals surface area contributed by atoms with Crippen LogP contribution in [0.2, 0.25) is 0 Å². The Morgan fingerprint density at radius 2 is 2.04 bits per heavy atom. The molecule has 0 aliphatic rings. The van der Waals surface area contributed by atoms with Crippen molar-refractivity contribution in [2.45, 2.75) is 6.92 Å². The molecule has 0 radical (unpaired) electrons. The first kappa shape index (κ1) is 15.3. The molecule has 0 unspecified atom stereocenters. The number of aromatic nitrogens is 4. The molecule has 4 aromatic heterocycles. The predicted octanol–water partition coefficient (Wildman–Crippen LogP) is 3.71. The Hall–Kier alpha value is -3.19. The topological polar surface area (TPSA) is 80.7 Å². The number of hydrogen-bond donors (Lipinski definition) is 1. The first-order chi connectivity index (χ1) is 12.2. The van der Waals surface area contributed by atoms with E-state index in [1.807, 2.05) is 25.3 Å². The van der Waals surface area contributed by atoms with Gasteiger partial charge in [-0.1, -0.05) is 0 Å². The number of rotatable bonds is 3. The third-order valence-electron chi connectivity index (χ3n) is 3.61. The lowest BCUT2D eigenvalue weighted by atomic mass is 10.2. The number of carbonyl (C=O) groups is 1. The average molecular weight is 347 g/mol. The molecule has 1 N–H and O–H groups in total. The minimum Gasteiger partial charge on any atom is -0.306 e. The molecule has 25 heavy (non-hydrogen) atoms. The number of nitrogens with zero attached hydrogens (tertiary/aromatic N) is 4. The van der Waals surface area contributed by atoms with Crippen LogP contribution in [-0.4, -0.2) is 25.8 Å². The van der Waals surface area contributed by atoms with Crippen molar-refractivity contribution in [3.8, 4) is 10.6 Å². The number of fused-ring (bicyclic) bond motifs is 1. The fourth-order valence-electron chi connectivity index (χ4n) is 2.39. The van der Waals surface area contributed by atoms with Crippen molar-refractivity contribution in [2.24, 2.45) is 0 Å². The van der Waals surface area contributed by atoms with Gasteiger partial charge in [-0.05, 0) is 31.2 Å². The molecule has 7 heteroatoms. The number of anilines is 1. The van der Waals surface area contributed by atoms with Gasteiger partial charge in [0.1, 0.15) is 5.82 Å². The molecule has 0 aromatic carbocycles. The van der Waals surface area contributed by atoms with Gasteiger partial charge in [-0.25, -0.2) is 15.0 Å². The number of thiazole rings is 1. The number of hydrogen-bond acceptors (Lipinski definition) is 6. The summed E-state index contributed by atoms with van der Waals surface area (Å²) in [7, 11) is 0. The van der Waals surface area contributed by atoms with Crippen LogP contribution in [-0.2, 0) is 0 Å². The Labute approximate surface area is 147 Å². The second-order valence-electron chi connectivity index (χ2n) is 5.40. The SMILES string of the molecule is Cc1ncc(-c2ccc3cnc(NC(=O)c4cccnc4)cc3n2)s1. The molecule has 1 amide bonds. The summed E-state index contributed by atoms with van der Waals surface area (Å²) in [6.07, 6.45) is 6.65. The Morgan fingerprint density at radius 3 is 2.80 bits per heavy atom. The molecule has 0 aliphatic heterocycles. The van der Waals surface area contributed by atoms with Crippen LogP contribution < -0.4 is 5.32 Å². The van der Waals surface area contributed by atoms with E-state index >= 15 is 0 Å². The normalized spacial score (nSPS) is 10.8. The fourth-order valence-corrected chi connectivity index (χ4v) is 3.13. The van der Waals surface area contributed by atoms with E-state index in [1.165, 1.54) is 6.20 Å². The monoisotopic (exact) mass is 347 g/mol. The number of pyridine rings is 3. The van der Waals surface area contributed by atoms with Crippen molar-refractivity contribution >= 4 is 34.0 Å². The van der Waals surface area contributed by atoms with Crippen molar-refractivity contribution in [3.05, 3.63) is 65.7 Å². The molecular formula is C18H13N5OS. The number of carbonyl (C=O) groups excluding carboxylic acids is 1. The first-order valence-electron chi connectivity index (χ1n) is 7.60. The molecule has 122 valence electrons. The summed E-state index contributed by atoms with van der Waals surface area (Å²) in [5, 5.41) is 4.68. The van der Waals surface area contributed by atoms with E-state index < -0.39 is 0 Å². The quantitative estimate of drug-likeness (QED) is 0.611.